The van der Waals surface area contributed by atoms with E-state index in [2.05, 4.69) is 10.6 Å². The first-order valence-corrected chi connectivity index (χ1v) is 8.71. The van der Waals surface area contributed by atoms with E-state index < -0.39 is 0 Å². The summed E-state index contributed by atoms with van der Waals surface area (Å²) in [6.07, 6.45) is 2.86. The first-order valence-electron chi connectivity index (χ1n) is 8.71. The second kappa shape index (κ2) is 5.65. The number of aromatic nitrogens is 2. The zero-order valence-corrected chi connectivity index (χ0v) is 14.2. The van der Waals surface area contributed by atoms with Gasteiger partial charge in [-0.05, 0) is 56.9 Å². The molecule has 0 amide bonds. The summed E-state index contributed by atoms with van der Waals surface area (Å²) in [6, 6.07) is 5.98. The molecule has 0 bridgehead atoms. The van der Waals surface area contributed by atoms with E-state index in [0.29, 0.717) is 19.6 Å². The maximum absolute atomic E-state index is 13.2. The van der Waals surface area contributed by atoms with Gasteiger partial charge >= 0.3 is 5.97 Å². The molecule has 5 heteroatoms. The lowest BCUT2D eigenvalue weighted by atomic mass is 10.0. The Labute approximate surface area is 141 Å². The lowest BCUT2D eigenvalue weighted by Gasteiger charge is -2.09. The van der Waals surface area contributed by atoms with Gasteiger partial charge in [-0.3, -0.25) is 9.59 Å². The maximum Gasteiger partial charge on any atom is 0.315 e. The van der Waals surface area contributed by atoms with Gasteiger partial charge in [0.25, 0.3) is 0 Å². The second-order valence-electron chi connectivity index (χ2n) is 6.64. The number of ether oxygens (including phenoxy) is 1. The van der Waals surface area contributed by atoms with Crippen LogP contribution in [0.3, 0.4) is 0 Å². The summed E-state index contributed by atoms with van der Waals surface area (Å²) in [5.74, 6) is -0.365. The van der Waals surface area contributed by atoms with Crippen molar-refractivity contribution in [1.29, 1.82) is 0 Å². The van der Waals surface area contributed by atoms with Crippen molar-refractivity contribution < 1.29 is 14.3 Å². The Morgan fingerprint density at radius 3 is 2.88 bits per heavy atom. The van der Waals surface area contributed by atoms with Crippen LogP contribution in [0.4, 0.5) is 0 Å². The molecule has 2 aliphatic heterocycles. The van der Waals surface area contributed by atoms with Crippen LogP contribution in [0.15, 0.2) is 18.2 Å². The van der Waals surface area contributed by atoms with Crippen LogP contribution in [-0.4, -0.2) is 27.5 Å². The Kier molecular flexibility index (Phi) is 3.59. The van der Waals surface area contributed by atoms with Crippen LogP contribution < -0.4 is 0 Å². The van der Waals surface area contributed by atoms with Crippen molar-refractivity contribution in [2.45, 2.75) is 52.1 Å². The summed E-state index contributed by atoms with van der Waals surface area (Å²) in [5.41, 5.74) is 4.60. The number of fused-ring (bicyclic) bond motifs is 2. The highest BCUT2D eigenvalue weighted by Gasteiger charge is 2.35. The number of carbonyl (C=O) groups is 2. The molecule has 0 saturated carbocycles. The van der Waals surface area contributed by atoms with Gasteiger partial charge in [-0.15, -0.1) is 0 Å². The molecule has 126 valence electrons. The first-order chi connectivity index (χ1) is 11.6. The Bertz CT molecular complexity index is 828. The number of aryl methyl sites for hydroxylation is 2. The van der Waals surface area contributed by atoms with Crippen LogP contribution >= 0.6 is 0 Å². The van der Waals surface area contributed by atoms with Gasteiger partial charge in [0.15, 0.2) is 0 Å². The normalized spacial score (nSPS) is 18.5. The summed E-state index contributed by atoms with van der Waals surface area (Å²) in [4.78, 5) is 25.3. The molecule has 0 aromatic carbocycles. The quantitative estimate of drug-likeness (QED) is 0.641. The Hall–Kier alpha value is -2.30. The molecular formula is C19H22N2O3. The molecule has 1 atom stereocenters. The largest absolute Gasteiger partial charge is 0.465 e. The van der Waals surface area contributed by atoms with Crippen molar-refractivity contribution in [1.82, 2.24) is 9.13 Å². The molecule has 2 aromatic rings. The van der Waals surface area contributed by atoms with Crippen molar-refractivity contribution >= 4 is 11.8 Å². The van der Waals surface area contributed by atoms with E-state index in [4.69, 9.17) is 4.74 Å². The number of esters is 1. The average Bonchev–Trinajstić information content (AvgIpc) is 3.25. The lowest BCUT2D eigenvalue weighted by Crippen LogP contribution is -2.15. The zero-order valence-electron chi connectivity index (χ0n) is 14.2. The molecule has 4 heterocycles. The number of rotatable bonds is 4. The summed E-state index contributed by atoms with van der Waals surface area (Å²) in [6.45, 7) is 5.77. The predicted octanol–water partition coefficient (Wildman–Crippen LogP) is 2.83. The van der Waals surface area contributed by atoms with E-state index in [9.17, 15) is 9.59 Å². The fraction of sp³-hybridized carbons (Fsp3) is 0.474. The number of carbonyl (C=O) groups excluding carboxylic acids is 2. The molecule has 0 N–H and O–H groups in total. The van der Waals surface area contributed by atoms with E-state index in [1.807, 2.05) is 30.5 Å². The average molecular weight is 326 g/mol. The van der Waals surface area contributed by atoms with Crippen molar-refractivity contribution in [2.24, 2.45) is 0 Å². The molecule has 24 heavy (non-hydrogen) atoms. The Balaban J connectivity index is 1.71. The smallest absolute Gasteiger partial charge is 0.315 e. The minimum Gasteiger partial charge on any atom is -0.465 e. The van der Waals surface area contributed by atoms with E-state index in [1.54, 1.807) is 0 Å². The third-order valence-electron chi connectivity index (χ3n) is 5.22. The molecule has 0 spiro atoms. The van der Waals surface area contributed by atoms with Crippen molar-refractivity contribution in [3.05, 3.63) is 46.5 Å². The standard InChI is InChI=1S/C19H22N2O3/c1-3-24-19(23)14-8-10-21-16(14)11-12(2)17(21)18(22)15-7-6-13-5-4-9-20(13)15/h6-7,11,14H,3-5,8-10H2,1-2H3. The van der Waals surface area contributed by atoms with Gasteiger partial charge < -0.3 is 13.9 Å². The Morgan fingerprint density at radius 2 is 2.08 bits per heavy atom. The van der Waals surface area contributed by atoms with Crippen LogP contribution in [-0.2, 0) is 29.0 Å². The fourth-order valence-corrected chi connectivity index (χ4v) is 4.16. The third kappa shape index (κ3) is 2.14. The van der Waals surface area contributed by atoms with Crippen LogP contribution in [0.2, 0.25) is 0 Å². The highest BCUT2D eigenvalue weighted by Crippen LogP contribution is 2.35. The maximum atomic E-state index is 13.2. The monoisotopic (exact) mass is 326 g/mol. The van der Waals surface area contributed by atoms with E-state index in [1.165, 1.54) is 5.69 Å². The third-order valence-corrected chi connectivity index (χ3v) is 5.22. The first kappa shape index (κ1) is 15.2. The van der Waals surface area contributed by atoms with Gasteiger partial charge in [0, 0.05) is 24.5 Å². The SMILES string of the molecule is CCOC(=O)C1CCn2c1cc(C)c2C(=O)c1ccc2n1CCC2. The number of nitrogens with zero attached hydrogens (tertiary/aromatic N) is 2. The van der Waals surface area contributed by atoms with Crippen molar-refractivity contribution in [3.63, 3.8) is 0 Å². The van der Waals surface area contributed by atoms with Crippen LogP contribution in [0.25, 0.3) is 0 Å². The van der Waals surface area contributed by atoms with Gasteiger partial charge in [0.1, 0.15) is 0 Å². The molecule has 2 aliphatic rings. The number of hydrogen-bond donors (Lipinski definition) is 0. The molecule has 4 rings (SSSR count). The lowest BCUT2D eigenvalue weighted by molar-refractivity contribution is -0.144. The molecule has 0 saturated heterocycles. The molecule has 2 aromatic heterocycles. The van der Waals surface area contributed by atoms with Gasteiger partial charge in [-0.1, -0.05) is 0 Å². The highest BCUT2D eigenvalue weighted by molar-refractivity contribution is 6.08. The molecule has 5 nitrogen and oxygen atoms in total. The van der Waals surface area contributed by atoms with Crippen LogP contribution in [0.1, 0.15) is 58.8 Å². The van der Waals surface area contributed by atoms with Crippen LogP contribution in [0, 0.1) is 6.92 Å². The van der Waals surface area contributed by atoms with E-state index >= 15 is 0 Å². The topological polar surface area (TPSA) is 53.2 Å². The van der Waals surface area contributed by atoms with Crippen molar-refractivity contribution in [2.75, 3.05) is 6.61 Å². The van der Waals surface area contributed by atoms with Gasteiger partial charge in [0.2, 0.25) is 5.78 Å². The summed E-state index contributed by atoms with van der Waals surface area (Å²) in [7, 11) is 0. The summed E-state index contributed by atoms with van der Waals surface area (Å²) >= 11 is 0. The second-order valence-corrected chi connectivity index (χ2v) is 6.64. The zero-order chi connectivity index (χ0) is 16.8. The molecule has 0 aliphatic carbocycles. The number of ketones is 1. The van der Waals surface area contributed by atoms with Gasteiger partial charge in [-0.2, -0.15) is 0 Å². The summed E-state index contributed by atoms with van der Waals surface area (Å²) < 4.78 is 9.34. The van der Waals surface area contributed by atoms with E-state index in [-0.39, 0.29) is 17.7 Å². The molecule has 0 radical (unpaired) electrons. The predicted molar refractivity (Wildman–Crippen MR) is 89.3 cm³/mol. The van der Waals surface area contributed by atoms with E-state index in [0.717, 1.165) is 42.0 Å². The van der Waals surface area contributed by atoms with Crippen LogP contribution in [0.5, 0.6) is 0 Å². The Morgan fingerprint density at radius 1 is 1.25 bits per heavy atom. The molecule has 0 fully saturated rings. The fourth-order valence-electron chi connectivity index (χ4n) is 4.16. The molecule has 1 unspecified atom stereocenters. The highest BCUT2D eigenvalue weighted by atomic mass is 16.5. The minimum absolute atomic E-state index is 0.0661. The molecular weight excluding hydrogens is 304 g/mol. The number of hydrogen-bond acceptors (Lipinski definition) is 3. The van der Waals surface area contributed by atoms with Gasteiger partial charge in [-0.25, -0.2) is 0 Å². The van der Waals surface area contributed by atoms with Crippen molar-refractivity contribution in [3.8, 4) is 0 Å². The summed E-state index contributed by atoms with van der Waals surface area (Å²) in [5, 5.41) is 0. The minimum atomic E-state index is -0.247. The van der Waals surface area contributed by atoms with Gasteiger partial charge in [0.05, 0.1) is 23.9 Å².